The molecule has 2 aromatic rings. The summed E-state index contributed by atoms with van der Waals surface area (Å²) in [6.07, 6.45) is 2.84. The number of H-pyrrole nitrogens is 1. The summed E-state index contributed by atoms with van der Waals surface area (Å²) < 4.78 is 5.08. The third-order valence-corrected chi connectivity index (χ3v) is 3.03. The van der Waals surface area contributed by atoms with Crippen molar-refractivity contribution in [3.63, 3.8) is 0 Å². The predicted molar refractivity (Wildman–Crippen MR) is 77.0 cm³/mol. The van der Waals surface area contributed by atoms with Gasteiger partial charge in [-0.2, -0.15) is 0 Å². The normalized spacial score (nSPS) is 10.8. The summed E-state index contributed by atoms with van der Waals surface area (Å²) in [6.45, 7) is 4.57. The second-order valence-electron chi connectivity index (χ2n) is 4.46. The van der Waals surface area contributed by atoms with Gasteiger partial charge in [0.15, 0.2) is 0 Å². The van der Waals surface area contributed by atoms with Crippen LogP contribution in [0.4, 0.5) is 0 Å². The number of nitrogens with one attached hydrogen (secondary N) is 2. The molecule has 0 saturated heterocycles. The second-order valence-corrected chi connectivity index (χ2v) is 4.46. The van der Waals surface area contributed by atoms with Crippen LogP contribution in [0.15, 0.2) is 30.5 Å². The van der Waals surface area contributed by atoms with E-state index >= 15 is 0 Å². The fourth-order valence-electron chi connectivity index (χ4n) is 1.91. The van der Waals surface area contributed by atoms with Gasteiger partial charge < -0.3 is 15.0 Å². The molecule has 1 aromatic heterocycles. The number of ether oxygens (including phenoxy) is 1. The number of hydrogen-bond acceptors (Lipinski definition) is 3. The van der Waals surface area contributed by atoms with Crippen LogP contribution in [0.1, 0.15) is 18.3 Å². The maximum atomic E-state index is 5.08. The van der Waals surface area contributed by atoms with Crippen molar-refractivity contribution >= 4 is 0 Å². The Labute approximate surface area is 114 Å². The highest BCUT2D eigenvalue weighted by Crippen LogP contribution is 2.18. The third-order valence-electron chi connectivity index (χ3n) is 3.03. The second kappa shape index (κ2) is 7.07. The van der Waals surface area contributed by atoms with Crippen molar-refractivity contribution in [2.75, 3.05) is 20.3 Å². The monoisotopic (exact) mass is 259 g/mol. The topological polar surface area (TPSA) is 49.9 Å². The van der Waals surface area contributed by atoms with Gasteiger partial charge in [0, 0.05) is 7.11 Å². The van der Waals surface area contributed by atoms with Crippen molar-refractivity contribution in [2.24, 2.45) is 0 Å². The van der Waals surface area contributed by atoms with E-state index in [0.717, 1.165) is 43.2 Å². The fraction of sp³-hybridized carbons (Fsp3) is 0.400. The SMILES string of the molecule is CCNCc1ncc(-c2ccc(CCOC)cc2)[nH]1. The van der Waals surface area contributed by atoms with E-state index in [0.29, 0.717) is 0 Å². The van der Waals surface area contributed by atoms with Gasteiger partial charge in [0.2, 0.25) is 0 Å². The number of methoxy groups -OCH3 is 1. The van der Waals surface area contributed by atoms with E-state index in [1.165, 1.54) is 5.56 Å². The molecule has 0 radical (unpaired) electrons. The average molecular weight is 259 g/mol. The zero-order valence-corrected chi connectivity index (χ0v) is 11.6. The highest BCUT2D eigenvalue weighted by atomic mass is 16.5. The van der Waals surface area contributed by atoms with Crippen LogP contribution in [0.25, 0.3) is 11.3 Å². The number of aromatic nitrogens is 2. The Morgan fingerprint density at radius 2 is 2.05 bits per heavy atom. The average Bonchev–Trinajstić information content (AvgIpc) is 2.92. The van der Waals surface area contributed by atoms with Crippen LogP contribution >= 0.6 is 0 Å². The van der Waals surface area contributed by atoms with Gasteiger partial charge in [0.05, 0.1) is 25.0 Å². The molecule has 0 fully saturated rings. The van der Waals surface area contributed by atoms with Crippen molar-refractivity contribution in [1.82, 2.24) is 15.3 Å². The molecule has 0 amide bonds. The number of rotatable bonds is 7. The van der Waals surface area contributed by atoms with Gasteiger partial charge in [-0.25, -0.2) is 4.98 Å². The zero-order valence-electron chi connectivity index (χ0n) is 11.6. The van der Waals surface area contributed by atoms with Crippen LogP contribution in [-0.4, -0.2) is 30.2 Å². The van der Waals surface area contributed by atoms with E-state index in [-0.39, 0.29) is 0 Å². The lowest BCUT2D eigenvalue weighted by Crippen LogP contribution is -2.12. The number of nitrogens with zero attached hydrogens (tertiary/aromatic N) is 1. The van der Waals surface area contributed by atoms with Crippen molar-refractivity contribution in [2.45, 2.75) is 19.9 Å². The summed E-state index contributed by atoms with van der Waals surface area (Å²) in [7, 11) is 1.73. The molecule has 102 valence electrons. The van der Waals surface area contributed by atoms with E-state index in [1.54, 1.807) is 7.11 Å². The molecule has 0 aliphatic rings. The lowest BCUT2D eigenvalue weighted by Gasteiger charge is -2.02. The first-order valence-electron chi connectivity index (χ1n) is 6.66. The van der Waals surface area contributed by atoms with E-state index in [2.05, 4.69) is 46.5 Å². The Morgan fingerprint density at radius 3 is 2.74 bits per heavy atom. The van der Waals surface area contributed by atoms with Crippen LogP contribution in [0.2, 0.25) is 0 Å². The lowest BCUT2D eigenvalue weighted by atomic mass is 10.1. The van der Waals surface area contributed by atoms with Crippen molar-refractivity contribution in [3.05, 3.63) is 41.9 Å². The lowest BCUT2D eigenvalue weighted by molar-refractivity contribution is 0.202. The Bertz CT molecular complexity index is 490. The van der Waals surface area contributed by atoms with E-state index in [1.807, 2.05) is 6.20 Å². The number of benzene rings is 1. The maximum absolute atomic E-state index is 5.08. The third kappa shape index (κ3) is 3.91. The Morgan fingerprint density at radius 1 is 1.26 bits per heavy atom. The first kappa shape index (κ1) is 13.8. The summed E-state index contributed by atoms with van der Waals surface area (Å²) in [6, 6.07) is 8.52. The summed E-state index contributed by atoms with van der Waals surface area (Å²) in [5.74, 6) is 0.973. The molecular formula is C15H21N3O. The number of aromatic amines is 1. The molecule has 0 spiro atoms. The molecule has 2 rings (SSSR count). The van der Waals surface area contributed by atoms with Crippen LogP contribution in [0.3, 0.4) is 0 Å². The highest BCUT2D eigenvalue weighted by molar-refractivity contribution is 5.58. The van der Waals surface area contributed by atoms with Gasteiger partial charge in [0.1, 0.15) is 5.82 Å². The van der Waals surface area contributed by atoms with Crippen LogP contribution in [-0.2, 0) is 17.7 Å². The summed E-state index contributed by atoms with van der Waals surface area (Å²) in [5, 5.41) is 3.25. The summed E-state index contributed by atoms with van der Waals surface area (Å²) >= 11 is 0. The van der Waals surface area contributed by atoms with E-state index in [9.17, 15) is 0 Å². The molecule has 0 unspecified atom stereocenters. The van der Waals surface area contributed by atoms with Crippen LogP contribution in [0, 0.1) is 0 Å². The first-order chi connectivity index (χ1) is 9.33. The quantitative estimate of drug-likeness (QED) is 0.802. The summed E-state index contributed by atoms with van der Waals surface area (Å²) in [4.78, 5) is 7.69. The molecule has 4 heteroatoms. The Kier molecular flexibility index (Phi) is 5.12. The predicted octanol–water partition coefficient (Wildman–Crippen LogP) is 2.38. The van der Waals surface area contributed by atoms with Gasteiger partial charge in [-0.15, -0.1) is 0 Å². The minimum absolute atomic E-state index is 0.760. The van der Waals surface area contributed by atoms with Gasteiger partial charge in [0.25, 0.3) is 0 Å². The van der Waals surface area contributed by atoms with E-state index < -0.39 is 0 Å². The maximum Gasteiger partial charge on any atom is 0.120 e. The van der Waals surface area contributed by atoms with Gasteiger partial charge in [-0.05, 0) is 24.1 Å². The molecule has 4 nitrogen and oxygen atoms in total. The smallest absolute Gasteiger partial charge is 0.120 e. The standard InChI is InChI=1S/C15H21N3O/c1-3-16-11-15-17-10-14(18-15)13-6-4-12(5-7-13)8-9-19-2/h4-7,10,16H,3,8-9,11H2,1-2H3,(H,17,18). The molecule has 0 bridgehead atoms. The molecule has 19 heavy (non-hydrogen) atoms. The van der Waals surface area contributed by atoms with Gasteiger partial charge in [-0.3, -0.25) is 0 Å². The molecule has 1 aromatic carbocycles. The first-order valence-corrected chi connectivity index (χ1v) is 6.66. The largest absolute Gasteiger partial charge is 0.384 e. The van der Waals surface area contributed by atoms with Crippen molar-refractivity contribution in [3.8, 4) is 11.3 Å². The molecule has 0 atom stereocenters. The minimum atomic E-state index is 0.760. The number of imidazole rings is 1. The van der Waals surface area contributed by atoms with Crippen molar-refractivity contribution < 1.29 is 4.74 Å². The summed E-state index contributed by atoms with van der Waals surface area (Å²) in [5.41, 5.74) is 3.51. The van der Waals surface area contributed by atoms with Gasteiger partial charge in [-0.1, -0.05) is 31.2 Å². The minimum Gasteiger partial charge on any atom is -0.384 e. The van der Waals surface area contributed by atoms with Crippen LogP contribution in [0.5, 0.6) is 0 Å². The van der Waals surface area contributed by atoms with Gasteiger partial charge >= 0.3 is 0 Å². The Balaban J connectivity index is 2.02. The number of hydrogen-bond donors (Lipinski definition) is 2. The Hall–Kier alpha value is -1.65. The highest BCUT2D eigenvalue weighted by Gasteiger charge is 2.03. The van der Waals surface area contributed by atoms with Crippen molar-refractivity contribution in [1.29, 1.82) is 0 Å². The molecule has 0 aliphatic carbocycles. The zero-order chi connectivity index (χ0) is 13.5. The molecular weight excluding hydrogens is 238 g/mol. The molecule has 1 heterocycles. The molecule has 0 saturated carbocycles. The molecule has 2 N–H and O–H groups in total. The molecule has 0 aliphatic heterocycles. The van der Waals surface area contributed by atoms with Crippen LogP contribution < -0.4 is 5.32 Å². The van der Waals surface area contributed by atoms with E-state index in [4.69, 9.17) is 4.74 Å². The fourth-order valence-corrected chi connectivity index (χ4v) is 1.91.